The molecule has 1 amide bonds. The lowest BCUT2D eigenvalue weighted by Crippen LogP contribution is -2.37. The molecule has 0 radical (unpaired) electrons. The number of carbonyl (C=O) groups excluding carboxylic acids is 1. The summed E-state index contributed by atoms with van der Waals surface area (Å²) in [5.41, 5.74) is 1.59. The van der Waals surface area contributed by atoms with Crippen LogP contribution in [0.25, 0.3) is 0 Å². The van der Waals surface area contributed by atoms with Gasteiger partial charge in [0.05, 0.1) is 31.9 Å². The molecule has 0 saturated carbocycles. The van der Waals surface area contributed by atoms with E-state index in [-0.39, 0.29) is 12.3 Å². The van der Waals surface area contributed by atoms with Crippen LogP contribution in [0.2, 0.25) is 5.02 Å². The van der Waals surface area contributed by atoms with Crippen molar-refractivity contribution in [2.24, 2.45) is 0 Å². The highest BCUT2D eigenvalue weighted by Crippen LogP contribution is 2.15. The first-order valence-electron chi connectivity index (χ1n) is 7.87. The van der Waals surface area contributed by atoms with Gasteiger partial charge >= 0.3 is 0 Å². The lowest BCUT2D eigenvalue weighted by Gasteiger charge is -2.26. The maximum atomic E-state index is 12.1. The number of nitrogens with one attached hydrogen (secondary N) is 1. The van der Waals surface area contributed by atoms with E-state index in [9.17, 15) is 4.79 Å². The Morgan fingerprint density at radius 2 is 2.04 bits per heavy atom. The van der Waals surface area contributed by atoms with Crippen LogP contribution < -0.4 is 10.2 Å². The molecule has 6 nitrogen and oxygen atoms in total. The van der Waals surface area contributed by atoms with Crippen molar-refractivity contribution >= 4 is 23.5 Å². The maximum Gasteiger partial charge on any atom is 0.225 e. The summed E-state index contributed by atoms with van der Waals surface area (Å²) in [6.45, 7) is 3.29. The van der Waals surface area contributed by atoms with Crippen LogP contribution in [0.15, 0.2) is 36.5 Å². The molecule has 0 bridgehead atoms. The Labute approximate surface area is 145 Å². The Morgan fingerprint density at radius 3 is 2.83 bits per heavy atom. The van der Waals surface area contributed by atoms with Gasteiger partial charge in [-0.05, 0) is 17.7 Å². The Morgan fingerprint density at radius 1 is 1.25 bits per heavy atom. The zero-order valence-corrected chi connectivity index (χ0v) is 14.0. The number of halogens is 1. The van der Waals surface area contributed by atoms with E-state index in [1.54, 1.807) is 18.3 Å². The monoisotopic (exact) mass is 346 g/mol. The molecule has 2 aromatic rings. The standard InChI is InChI=1S/C17H19ClN4O2/c18-15-4-2-1-3-13(15)11-16(23)20-12-14-5-6-19-17(21-14)22-7-9-24-10-8-22/h1-6H,7-12H2,(H,20,23). The number of amides is 1. The third-order valence-corrected chi connectivity index (χ3v) is 4.14. The molecule has 0 unspecified atom stereocenters. The van der Waals surface area contributed by atoms with Crippen molar-refractivity contribution in [1.29, 1.82) is 0 Å². The lowest BCUT2D eigenvalue weighted by atomic mass is 10.1. The average molecular weight is 347 g/mol. The van der Waals surface area contributed by atoms with Crippen LogP contribution in [0.3, 0.4) is 0 Å². The fraction of sp³-hybridized carbons (Fsp3) is 0.353. The maximum absolute atomic E-state index is 12.1. The van der Waals surface area contributed by atoms with E-state index in [1.165, 1.54) is 0 Å². The number of hydrogen-bond donors (Lipinski definition) is 1. The minimum absolute atomic E-state index is 0.0883. The van der Waals surface area contributed by atoms with Gasteiger partial charge in [-0.3, -0.25) is 4.79 Å². The number of aromatic nitrogens is 2. The minimum Gasteiger partial charge on any atom is -0.378 e. The Hall–Kier alpha value is -2.18. The van der Waals surface area contributed by atoms with Crippen LogP contribution in [-0.4, -0.2) is 42.2 Å². The number of nitrogens with zero attached hydrogens (tertiary/aromatic N) is 3. The van der Waals surface area contributed by atoms with Crippen LogP contribution >= 0.6 is 11.6 Å². The van der Waals surface area contributed by atoms with Gasteiger partial charge in [0.15, 0.2) is 0 Å². The molecule has 1 N–H and O–H groups in total. The second-order valence-corrected chi connectivity index (χ2v) is 5.90. The fourth-order valence-corrected chi connectivity index (χ4v) is 2.67. The molecule has 126 valence electrons. The van der Waals surface area contributed by atoms with Crippen LogP contribution in [-0.2, 0) is 22.5 Å². The smallest absolute Gasteiger partial charge is 0.225 e. The summed E-state index contributed by atoms with van der Waals surface area (Å²) in [6.07, 6.45) is 1.97. The topological polar surface area (TPSA) is 67.4 Å². The molecule has 1 aromatic heterocycles. The molecule has 3 rings (SSSR count). The molecule has 1 aromatic carbocycles. The normalized spacial score (nSPS) is 14.5. The molecule has 0 aliphatic carbocycles. The van der Waals surface area contributed by atoms with Gasteiger partial charge in [-0.1, -0.05) is 29.8 Å². The number of rotatable bonds is 5. The summed E-state index contributed by atoms with van der Waals surface area (Å²) in [6, 6.07) is 9.15. The van der Waals surface area contributed by atoms with Gasteiger partial charge in [-0.2, -0.15) is 0 Å². The molecule has 1 aliphatic heterocycles. The van der Waals surface area contributed by atoms with E-state index >= 15 is 0 Å². The van der Waals surface area contributed by atoms with Crippen LogP contribution in [0, 0.1) is 0 Å². The third-order valence-electron chi connectivity index (χ3n) is 3.77. The number of carbonyl (C=O) groups is 1. The SMILES string of the molecule is O=C(Cc1ccccc1Cl)NCc1ccnc(N2CCOCC2)n1. The summed E-state index contributed by atoms with van der Waals surface area (Å²) in [5.74, 6) is 0.589. The first kappa shape index (κ1) is 16.7. The number of ether oxygens (including phenoxy) is 1. The Balaban J connectivity index is 1.56. The molecular formula is C17H19ClN4O2. The van der Waals surface area contributed by atoms with E-state index in [4.69, 9.17) is 16.3 Å². The second-order valence-electron chi connectivity index (χ2n) is 5.49. The van der Waals surface area contributed by atoms with Gasteiger partial charge in [0.2, 0.25) is 11.9 Å². The van der Waals surface area contributed by atoms with Crippen molar-refractivity contribution in [2.75, 3.05) is 31.2 Å². The van der Waals surface area contributed by atoms with Crippen LogP contribution in [0.5, 0.6) is 0 Å². The Bertz CT molecular complexity index is 704. The van der Waals surface area contributed by atoms with Gasteiger partial charge in [0, 0.05) is 24.3 Å². The summed E-state index contributed by atoms with van der Waals surface area (Å²) >= 11 is 6.08. The van der Waals surface area contributed by atoms with Crippen molar-refractivity contribution in [3.05, 3.63) is 52.8 Å². The zero-order chi connectivity index (χ0) is 16.8. The van der Waals surface area contributed by atoms with Crippen molar-refractivity contribution < 1.29 is 9.53 Å². The molecule has 1 aliphatic rings. The van der Waals surface area contributed by atoms with E-state index in [0.29, 0.717) is 30.7 Å². The first-order chi connectivity index (χ1) is 11.7. The van der Waals surface area contributed by atoms with Gasteiger partial charge < -0.3 is 15.0 Å². The summed E-state index contributed by atoms with van der Waals surface area (Å²) in [5, 5.41) is 3.47. The van der Waals surface area contributed by atoms with Gasteiger partial charge in [-0.25, -0.2) is 9.97 Å². The largest absolute Gasteiger partial charge is 0.378 e. The second kappa shape index (κ2) is 8.08. The van der Waals surface area contributed by atoms with Crippen molar-refractivity contribution in [3.63, 3.8) is 0 Å². The first-order valence-corrected chi connectivity index (χ1v) is 8.25. The lowest BCUT2D eigenvalue weighted by molar-refractivity contribution is -0.120. The summed E-state index contributed by atoms with van der Waals surface area (Å²) < 4.78 is 5.33. The van der Waals surface area contributed by atoms with Gasteiger partial charge in [0.25, 0.3) is 0 Å². The molecule has 0 atom stereocenters. The summed E-state index contributed by atoms with van der Waals surface area (Å²) in [4.78, 5) is 23.0. The Kier molecular flexibility index (Phi) is 5.61. The highest BCUT2D eigenvalue weighted by molar-refractivity contribution is 6.31. The highest BCUT2D eigenvalue weighted by Gasteiger charge is 2.14. The minimum atomic E-state index is -0.0883. The molecule has 1 saturated heterocycles. The van der Waals surface area contributed by atoms with Gasteiger partial charge in [-0.15, -0.1) is 0 Å². The quantitative estimate of drug-likeness (QED) is 0.894. The summed E-state index contributed by atoms with van der Waals surface area (Å²) in [7, 11) is 0. The molecule has 7 heteroatoms. The van der Waals surface area contributed by atoms with Crippen LogP contribution in [0.1, 0.15) is 11.3 Å². The van der Waals surface area contributed by atoms with Crippen molar-refractivity contribution in [3.8, 4) is 0 Å². The van der Waals surface area contributed by atoms with Crippen molar-refractivity contribution in [1.82, 2.24) is 15.3 Å². The predicted molar refractivity (Wildman–Crippen MR) is 92.1 cm³/mol. The van der Waals surface area contributed by atoms with E-state index in [1.807, 2.05) is 18.2 Å². The molecular weight excluding hydrogens is 328 g/mol. The highest BCUT2D eigenvalue weighted by atomic mass is 35.5. The molecule has 0 spiro atoms. The molecule has 1 fully saturated rings. The molecule has 24 heavy (non-hydrogen) atoms. The fourth-order valence-electron chi connectivity index (χ4n) is 2.47. The van der Waals surface area contributed by atoms with Crippen LogP contribution in [0.4, 0.5) is 5.95 Å². The molecule has 2 heterocycles. The van der Waals surface area contributed by atoms with E-state index in [0.717, 1.165) is 24.3 Å². The number of benzene rings is 1. The number of hydrogen-bond acceptors (Lipinski definition) is 5. The van der Waals surface area contributed by atoms with Gasteiger partial charge in [0.1, 0.15) is 0 Å². The van der Waals surface area contributed by atoms with E-state index < -0.39 is 0 Å². The zero-order valence-electron chi connectivity index (χ0n) is 13.2. The third kappa shape index (κ3) is 4.43. The van der Waals surface area contributed by atoms with Crippen molar-refractivity contribution in [2.45, 2.75) is 13.0 Å². The number of anilines is 1. The average Bonchev–Trinajstić information content (AvgIpc) is 2.63. The number of morpholine rings is 1. The predicted octanol–water partition coefficient (Wildman–Crippen LogP) is 1.83. The van der Waals surface area contributed by atoms with E-state index in [2.05, 4.69) is 20.2 Å².